The van der Waals surface area contributed by atoms with Gasteiger partial charge in [-0.15, -0.1) is 0 Å². The molecule has 1 unspecified atom stereocenters. The maximum atomic E-state index is 11.6. The predicted octanol–water partition coefficient (Wildman–Crippen LogP) is 5.69. The Kier molecular flexibility index (Phi) is 20.0. The lowest BCUT2D eigenvalue weighted by molar-refractivity contribution is -0.891. The average molecular weight is 436 g/mol. The van der Waals surface area contributed by atoms with Crippen LogP contribution in [0.2, 0.25) is 0 Å². The zero-order chi connectivity index (χ0) is 23.2. The van der Waals surface area contributed by atoms with Gasteiger partial charge in [-0.1, -0.05) is 96.8 Å². The van der Waals surface area contributed by atoms with Crippen LogP contribution in [0.3, 0.4) is 0 Å². The lowest BCUT2D eigenvalue weighted by Gasteiger charge is -2.31. The van der Waals surface area contributed by atoms with Crippen molar-refractivity contribution in [1.29, 1.82) is 10.5 Å². The fourth-order valence-electron chi connectivity index (χ4n) is 3.86. The molecule has 0 aromatic rings. The largest absolute Gasteiger partial charge is 0.829 e. The van der Waals surface area contributed by atoms with Crippen molar-refractivity contribution in [1.82, 2.24) is 0 Å². The first-order chi connectivity index (χ1) is 15.0. The Bertz CT molecular complexity index is 468. The highest BCUT2D eigenvalue weighted by Gasteiger charge is 2.16. The minimum Gasteiger partial charge on any atom is -0.829 e. The number of unbranched alkanes of at least 4 members (excludes halogenated alkanes) is 15. The van der Waals surface area contributed by atoms with E-state index in [0.717, 1.165) is 17.6 Å². The molecule has 0 amide bonds. The molecule has 0 aromatic heterocycles. The third-order valence-electron chi connectivity index (χ3n) is 6.15. The summed E-state index contributed by atoms with van der Waals surface area (Å²) in [6.07, 6.45) is 20.4. The minimum absolute atomic E-state index is 0.292. The normalized spacial score (nSPS) is 12.6. The van der Waals surface area contributed by atoms with E-state index in [1.165, 1.54) is 103 Å². The molecule has 0 heterocycles. The van der Waals surface area contributed by atoms with Crippen molar-refractivity contribution >= 4 is 0 Å². The smallest absolute Gasteiger partial charge is 0.144 e. The Hall–Kier alpha value is -1.14. The molecule has 5 heteroatoms. The van der Waals surface area contributed by atoms with E-state index in [0.29, 0.717) is 6.61 Å². The van der Waals surface area contributed by atoms with E-state index in [9.17, 15) is 5.11 Å². The van der Waals surface area contributed by atoms with Gasteiger partial charge < -0.3 is 14.3 Å². The van der Waals surface area contributed by atoms with Gasteiger partial charge in [-0.05, 0) is 12.8 Å². The highest BCUT2D eigenvalue weighted by atomic mass is 16.6. The summed E-state index contributed by atoms with van der Waals surface area (Å²) < 4.78 is 5.94. The number of quaternary nitrogens is 1. The number of nitriles is 2. The maximum absolute atomic E-state index is 11.6. The van der Waals surface area contributed by atoms with Crippen LogP contribution in [0.1, 0.15) is 110 Å². The summed E-state index contributed by atoms with van der Waals surface area (Å²) in [6, 6.07) is 3.36. The van der Waals surface area contributed by atoms with Crippen molar-refractivity contribution in [2.24, 2.45) is 5.92 Å². The Morgan fingerprint density at radius 1 is 0.677 bits per heavy atom. The molecule has 1 atom stereocenters. The van der Waals surface area contributed by atoms with Gasteiger partial charge in [0, 0.05) is 6.29 Å². The molecule has 0 fully saturated rings. The molecule has 0 saturated heterocycles. The van der Waals surface area contributed by atoms with E-state index in [-0.39, 0.29) is 0 Å². The molecule has 180 valence electrons. The molecule has 0 aliphatic carbocycles. The monoisotopic (exact) mass is 435 g/mol. The molecule has 0 aliphatic heterocycles. The lowest BCUT2D eigenvalue weighted by Crippen LogP contribution is -2.45. The van der Waals surface area contributed by atoms with Gasteiger partial charge >= 0.3 is 0 Å². The number of likely N-dealkylation sites (N-methyl/N-ethyl adjacent to an activating group) is 1. The summed E-state index contributed by atoms with van der Waals surface area (Å²) in [5.41, 5.74) is 0. The molecule has 31 heavy (non-hydrogen) atoms. The third kappa shape index (κ3) is 19.3. The Morgan fingerprint density at radius 2 is 1.06 bits per heavy atom. The second-order valence-electron chi connectivity index (χ2n) is 9.66. The molecular weight excluding hydrogens is 386 g/mol. The van der Waals surface area contributed by atoms with E-state index in [1.54, 1.807) is 12.1 Å². The molecule has 5 nitrogen and oxygen atoms in total. The van der Waals surface area contributed by atoms with Crippen LogP contribution in [-0.2, 0) is 4.74 Å². The highest BCUT2D eigenvalue weighted by molar-refractivity contribution is 5.00. The van der Waals surface area contributed by atoms with E-state index >= 15 is 0 Å². The van der Waals surface area contributed by atoms with Crippen LogP contribution in [-0.4, -0.2) is 44.6 Å². The molecule has 0 rings (SSSR count). The first-order valence-corrected chi connectivity index (χ1v) is 12.9. The predicted molar refractivity (Wildman–Crippen MR) is 126 cm³/mol. The van der Waals surface area contributed by atoms with Crippen LogP contribution < -0.4 is 5.11 Å². The topological polar surface area (TPSA) is 79.9 Å². The Balaban J connectivity index is 3.44. The fraction of sp³-hybridized carbons (Fsp3) is 0.923. The van der Waals surface area contributed by atoms with Crippen LogP contribution in [0.15, 0.2) is 0 Å². The summed E-state index contributed by atoms with van der Waals surface area (Å²) >= 11 is 0. The van der Waals surface area contributed by atoms with Gasteiger partial charge in [0.2, 0.25) is 0 Å². The van der Waals surface area contributed by atoms with Crippen molar-refractivity contribution in [3.05, 3.63) is 0 Å². The van der Waals surface area contributed by atoms with Gasteiger partial charge in [-0.25, -0.2) is 0 Å². The standard InChI is InChI=1S/C26H49N3O2/c1-4-5-6-7-8-9-10-11-12-13-14-15-16-17-18-19-20-29(2,3)21-22-31-26(30)25(23-27)24-28/h25-26H,4-22H2,1-3H3. The molecule has 0 spiro atoms. The first-order valence-electron chi connectivity index (χ1n) is 12.9. The van der Waals surface area contributed by atoms with Gasteiger partial charge in [-0.2, -0.15) is 10.5 Å². The molecule has 0 aromatic carbocycles. The fourth-order valence-corrected chi connectivity index (χ4v) is 3.86. The Morgan fingerprint density at radius 3 is 1.45 bits per heavy atom. The summed E-state index contributed by atoms with van der Waals surface area (Å²) in [4.78, 5) is 0. The van der Waals surface area contributed by atoms with Crippen molar-refractivity contribution in [2.45, 2.75) is 116 Å². The Labute approximate surface area is 193 Å². The molecule has 0 aliphatic rings. The van der Waals surface area contributed by atoms with Crippen molar-refractivity contribution in [3.63, 3.8) is 0 Å². The van der Waals surface area contributed by atoms with Crippen molar-refractivity contribution in [2.75, 3.05) is 33.8 Å². The summed E-state index contributed by atoms with van der Waals surface area (Å²) in [5.74, 6) is -1.23. The van der Waals surface area contributed by atoms with E-state index in [1.807, 2.05) is 0 Å². The summed E-state index contributed by atoms with van der Waals surface area (Å²) in [7, 11) is 4.28. The van der Waals surface area contributed by atoms with Crippen LogP contribution in [0.5, 0.6) is 0 Å². The summed E-state index contributed by atoms with van der Waals surface area (Å²) in [6.45, 7) is 4.35. The third-order valence-corrected chi connectivity index (χ3v) is 6.15. The van der Waals surface area contributed by atoms with Gasteiger partial charge in [-0.3, -0.25) is 0 Å². The quantitative estimate of drug-likeness (QED) is 0.124. The molecule has 0 radical (unpaired) electrons. The highest BCUT2D eigenvalue weighted by Crippen LogP contribution is 2.14. The van der Waals surface area contributed by atoms with Crippen LogP contribution in [0.25, 0.3) is 0 Å². The van der Waals surface area contributed by atoms with E-state index in [4.69, 9.17) is 15.3 Å². The van der Waals surface area contributed by atoms with Gasteiger partial charge in [0.15, 0.2) is 0 Å². The molecule has 0 bridgehead atoms. The zero-order valence-electron chi connectivity index (χ0n) is 20.7. The minimum atomic E-state index is -1.56. The molecule has 0 N–H and O–H groups in total. The number of nitrogens with zero attached hydrogens (tertiary/aromatic N) is 3. The number of ether oxygens (including phenoxy) is 1. The first kappa shape index (κ1) is 29.9. The second kappa shape index (κ2) is 20.7. The number of hydrogen-bond acceptors (Lipinski definition) is 4. The number of hydrogen-bond donors (Lipinski definition) is 0. The van der Waals surface area contributed by atoms with Gasteiger partial charge in [0.1, 0.15) is 12.5 Å². The lowest BCUT2D eigenvalue weighted by atomic mass is 10.0. The average Bonchev–Trinajstić information content (AvgIpc) is 2.74. The number of rotatable bonds is 22. The van der Waals surface area contributed by atoms with Crippen LogP contribution >= 0.6 is 0 Å². The maximum Gasteiger partial charge on any atom is 0.144 e. The van der Waals surface area contributed by atoms with E-state index in [2.05, 4.69) is 21.0 Å². The second-order valence-corrected chi connectivity index (χ2v) is 9.66. The van der Waals surface area contributed by atoms with E-state index < -0.39 is 12.2 Å². The van der Waals surface area contributed by atoms with Gasteiger partial charge in [0.25, 0.3) is 0 Å². The zero-order valence-corrected chi connectivity index (χ0v) is 20.7. The molecule has 0 saturated carbocycles. The molecular formula is C26H49N3O2. The van der Waals surface area contributed by atoms with Gasteiger partial charge in [0.05, 0.1) is 39.4 Å². The summed E-state index contributed by atoms with van der Waals surface area (Å²) in [5, 5.41) is 29.0. The van der Waals surface area contributed by atoms with Crippen molar-refractivity contribution < 1.29 is 14.3 Å². The van der Waals surface area contributed by atoms with Crippen molar-refractivity contribution in [3.8, 4) is 12.1 Å². The van der Waals surface area contributed by atoms with Crippen LogP contribution in [0, 0.1) is 28.6 Å². The van der Waals surface area contributed by atoms with Crippen LogP contribution in [0.4, 0.5) is 0 Å². The SMILES string of the molecule is CCCCCCCCCCCCCCCCCC[N+](C)(C)CCOC([O-])C(C#N)C#N.